The summed E-state index contributed by atoms with van der Waals surface area (Å²) < 4.78 is 5.13. The van der Waals surface area contributed by atoms with Gasteiger partial charge in [-0.15, -0.1) is 0 Å². The van der Waals surface area contributed by atoms with Gasteiger partial charge < -0.3 is 15.2 Å². The Hall–Kier alpha value is -1.36. The van der Waals surface area contributed by atoms with Crippen molar-refractivity contribution >= 4 is 11.9 Å². The maximum Gasteiger partial charge on any atom is 0.331 e. The summed E-state index contributed by atoms with van der Waals surface area (Å²) in [4.78, 5) is 22.5. The fraction of sp³-hybridized carbons (Fsp3) is 0.667. The van der Waals surface area contributed by atoms with Gasteiger partial charge in [-0.3, -0.25) is 4.79 Å². The summed E-state index contributed by atoms with van der Waals surface area (Å²) in [6.07, 6.45) is 0.349. The summed E-state index contributed by atoms with van der Waals surface area (Å²) in [5.41, 5.74) is 0.227. The zero-order valence-corrected chi connectivity index (χ0v) is 9.77. The molecule has 3 rings (SSSR count). The number of hydrogen-bond donors (Lipinski definition) is 2. The standard InChI is InChI=1S/C12H15NO4/c1-5-6(2)12(4-8(14)13-12)11(16)10-7(5)3-9(15)17-10/h3,5-6,10-11,16H,4H2,1-2H3,(H,13,14)/t5?,6?,10-,11-,12?/m1/s1. The molecule has 5 heteroatoms. The van der Waals surface area contributed by atoms with E-state index in [-0.39, 0.29) is 17.7 Å². The van der Waals surface area contributed by atoms with Crippen LogP contribution >= 0.6 is 0 Å². The van der Waals surface area contributed by atoms with Crippen LogP contribution in [0.5, 0.6) is 0 Å². The van der Waals surface area contributed by atoms with Gasteiger partial charge in [0.05, 0.1) is 12.0 Å². The van der Waals surface area contributed by atoms with E-state index < -0.39 is 23.7 Å². The monoisotopic (exact) mass is 237 g/mol. The maximum absolute atomic E-state index is 11.3. The molecule has 2 N–H and O–H groups in total. The molecule has 2 aliphatic heterocycles. The minimum absolute atomic E-state index is 0.0557. The van der Waals surface area contributed by atoms with Gasteiger partial charge in [0.15, 0.2) is 6.10 Å². The second-order valence-corrected chi connectivity index (χ2v) is 5.29. The molecule has 1 saturated heterocycles. The Bertz CT molecular complexity index is 434. The van der Waals surface area contributed by atoms with Crippen LogP contribution in [0.3, 0.4) is 0 Å². The summed E-state index contributed by atoms with van der Waals surface area (Å²) in [6.45, 7) is 4.00. The van der Waals surface area contributed by atoms with E-state index in [1.165, 1.54) is 6.08 Å². The van der Waals surface area contributed by atoms with Gasteiger partial charge in [0.25, 0.3) is 0 Å². The summed E-state index contributed by atoms with van der Waals surface area (Å²) in [5.74, 6) is -0.242. The molecule has 1 aliphatic carbocycles. The average molecular weight is 237 g/mol. The zero-order valence-electron chi connectivity index (χ0n) is 9.77. The molecule has 0 aromatic rings. The fourth-order valence-electron chi connectivity index (χ4n) is 3.32. The number of aliphatic hydroxyl groups is 1. The van der Waals surface area contributed by atoms with Crippen LogP contribution in [0.4, 0.5) is 0 Å². The van der Waals surface area contributed by atoms with Crippen LogP contribution in [0.1, 0.15) is 20.3 Å². The minimum atomic E-state index is -0.843. The summed E-state index contributed by atoms with van der Waals surface area (Å²) in [6, 6.07) is 0. The van der Waals surface area contributed by atoms with Gasteiger partial charge in [0, 0.05) is 6.08 Å². The van der Waals surface area contributed by atoms with Crippen LogP contribution in [0.2, 0.25) is 0 Å². The summed E-state index contributed by atoms with van der Waals surface area (Å²) in [5, 5.41) is 13.1. The first-order chi connectivity index (χ1) is 7.95. The molecular weight excluding hydrogens is 222 g/mol. The van der Waals surface area contributed by atoms with Crippen LogP contribution in [-0.4, -0.2) is 34.7 Å². The first-order valence-electron chi connectivity index (χ1n) is 5.87. The highest BCUT2D eigenvalue weighted by Crippen LogP contribution is 2.48. The van der Waals surface area contributed by atoms with Gasteiger partial charge in [-0.05, 0) is 17.4 Å². The van der Waals surface area contributed by atoms with Crippen molar-refractivity contribution in [2.24, 2.45) is 11.8 Å². The third-order valence-corrected chi connectivity index (χ3v) is 4.58. The van der Waals surface area contributed by atoms with Gasteiger partial charge >= 0.3 is 5.97 Å². The predicted molar refractivity (Wildman–Crippen MR) is 57.8 cm³/mol. The Morgan fingerprint density at radius 1 is 1.47 bits per heavy atom. The normalized spacial score (nSPS) is 48.1. The molecule has 1 spiro atoms. The van der Waals surface area contributed by atoms with Crippen LogP contribution in [0.25, 0.3) is 0 Å². The smallest absolute Gasteiger partial charge is 0.331 e. The molecule has 3 unspecified atom stereocenters. The number of ether oxygens (including phenoxy) is 1. The number of β-lactam (4-membered cyclic amide) rings is 1. The Morgan fingerprint density at radius 3 is 2.71 bits per heavy atom. The minimum Gasteiger partial charge on any atom is -0.452 e. The van der Waals surface area contributed by atoms with Crippen molar-refractivity contribution in [3.8, 4) is 0 Å². The van der Waals surface area contributed by atoms with E-state index >= 15 is 0 Å². The van der Waals surface area contributed by atoms with Crippen molar-refractivity contribution in [2.75, 3.05) is 0 Å². The van der Waals surface area contributed by atoms with E-state index in [9.17, 15) is 14.7 Å². The fourth-order valence-corrected chi connectivity index (χ4v) is 3.32. The van der Waals surface area contributed by atoms with E-state index in [0.717, 1.165) is 5.57 Å². The molecule has 2 fully saturated rings. The summed E-state index contributed by atoms with van der Waals surface area (Å²) in [7, 11) is 0. The van der Waals surface area contributed by atoms with Gasteiger partial charge in [-0.1, -0.05) is 13.8 Å². The number of fused-ring (bicyclic) bond motifs is 1. The average Bonchev–Trinajstić information content (AvgIpc) is 2.62. The molecule has 2 heterocycles. The van der Waals surface area contributed by atoms with Crippen molar-refractivity contribution in [3.05, 3.63) is 11.6 Å². The van der Waals surface area contributed by atoms with Gasteiger partial charge in [-0.25, -0.2) is 4.79 Å². The maximum atomic E-state index is 11.3. The summed E-state index contributed by atoms with van der Waals surface area (Å²) >= 11 is 0. The van der Waals surface area contributed by atoms with E-state index in [2.05, 4.69) is 5.32 Å². The molecular formula is C12H15NO4. The molecule has 5 nitrogen and oxygen atoms in total. The number of carbonyl (C=O) groups excluding carboxylic acids is 2. The largest absolute Gasteiger partial charge is 0.452 e. The van der Waals surface area contributed by atoms with E-state index in [4.69, 9.17) is 4.74 Å². The SMILES string of the molecule is CC1C2=CC(=O)O[C@H]2[C@@H](O)C2(CC(=O)N2)C1C. The molecule has 3 aliphatic rings. The van der Waals surface area contributed by atoms with Crippen LogP contribution in [-0.2, 0) is 14.3 Å². The van der Waals surface area contributed by atoms with Gasteiger partial charge in [0.2, 0.25) is 5.91 Å². The second-order valence-electron chi connectivity index (χ2n) is 5.29. The number of rotatable bonds is 0. The molecule has 1 saturated carbocycles. The van der Waals surface area contributed by atoms with Gasteiger partial charge in [-0.2, -0.15) is 0 Å². The Kier molecular flexibility index (Phi) is 1.96. The van der Waals surface area contributed by atoms with Crippen molar-refractivity contribution in [3.63, 3.8) is 0 Å². The molecule has 0 bridgehead atoms. The molecule has 0 aromatic carbocycles. The molecule has 92 valence electrons. The predicted octanol–water partition coefficient (Wildman–Crippen LogP) is -0.256. The highest BCUT2D eigenvalue weighted by atomic mass is 16.6. The van der Waals surface area contributed by atoms with Crippen LogP contribution in [0, 0.1) is 11.8 Å². The Morgan fingerprint density at radius 2 is 2.12 bits per heavy atom. The van der Waals surface area contributed by atoms with Gasteiger partial charge in [0.1, 0.15) is 6.10 Å². The molecule has 0 aromatic heterocycles. The Balaban J connectivity index is 1.99. The molecule has 1 amide bonds. The Labute approximate surface area is 98.8 Å². The van der Waals surface area contributed by atoms with E-state index in [1.54, 1.807) is 0 Å². The second kappa shape index (κ2) is 3.10. The lowest BCUT2D eigenvalue weighted by atomic mass is 9.59. The molecule has 17 heavy (non-hydrogen) atoms. The number of carbonyl (C=O) groups is 2. The van der Waals surface area contributed by atoms with Crippen LogP contribution in [0.15, 0.2) is 11.6 Å². The first-order valence-corrected chi connectivity index (χ1v) is 5.87. The molecule has 0 radical (unpaired) electrons. The van der Waals surface area contributed by atoms with Crippen molar-refractivity contribution in [2.45, 2.75) is 38.0 Å². The van der Waals surface area contributed by atoms with Crippen LogP contribution < -0.4 is 5.32 Å². The number of nitrogens with one attached hydrogen (secondary N) is 1. The van der Waals surface area contributed by atoms with Crippen molar-refractivity contribution in [1.82, 2.24) is 5.32 Å². The lowest BCUT2D eigenvalue weighted by Gasteiger charge is -2.56. The molecule has 5 atom stereocenters. The van der Waals surface area contributed by atoms with E-state index in [0.29, 0.717) is 6.42 Å². The topological polar surface area (TPSA) is 75.6 Å². The number of amides is 1. The number of aliphatic hydroxyl groups excluding tert-OH is 1. The quantitative estimate of drug-likeness (QED) is 0.450. The number of hydrogen-bond acceptors (Lipinski definition) is 4. The highest BCUT2D eigenvalue weighted by Gasteiger charge is 2.62. The first kappa shape index (κ1) is 10.8. The van der Waals surface area contributed by atoms with Crippen molar-refractivity contribution < 1.29 is 19.4 Å². The third-order valence-electron chi connectivity index (χ3n) is 4.58. The zero-order chi connectivity index (χ0) is 12.4. The lowest BCUT2D eigenvalue weighted by Crippen LogP contribution is -2.75. The van der Waals surface area contributed by atoms with Crippen molar-refractivity contribution in [1.29, 1.82) is 0 Å². The highest BCUT2D eigenvalue weighted by molar-refractivity contribution is 5.88. The number of esters is 1. The third kappa shape index (κ3) is 1.17. The van der Waals surface area contributed by atoms with E-state index in [1.807, 2.05) is 13.8 Å². The lowest BCUT2D eigenvalue weighted by molar-refractivity contribution is -0.164.